The normalized spacial score (nSPS) is 27.6. The first-order chi connectivity index (χ1) is 12.1. The highest BCUT2D eigenvalue weighted by Gasteiger charge is 2.47. The Kier molecular flexibility index (Phi) is 3.89. The number of nitrogens with zero attached hydrogens (tertiary/aromatic N) is 3. The zero-order valence-electron chi connectivity index (χ0n) is 13.2. The van der Waals surface area contributed by atoms with Crippen LogP contribution in [0.15, 0.2) is 48.9 Å². The Balaban J connectivity index is 1.67. The fraction of sp³-hybridized carbons (Fsp3) is 0.294. The van der Waals surface area contributed by atoms with Crippen molar-refractivity contribution in [1.82, 2.24) is 14.5 Å². The lowest BCUT2D eigenvalue weighted by atomic mass is 9.99. The molecule has 0 saturated carbocycles. The molecule has 0 amide bonds. The quantitative estimate of drug-likeness (QED) is 0.541. The molecule has 4 rings (SSSR count). The van der Waals surface area contributed by atoms with Crippen molar-refractivity contribution < 1.29 is 20.1 Å². The van der Waals surface area contributed by atoms with Crippen LogP contribution in [0.4, 0.5) is 5.82 Å². The Labute approximate surface area is 143 Å². The number of anilines is 1. The number of hydrogen-bond donors (Lipinski definition) is 4. The number of aliphatic hydroxyl groups excluding tert-OH is 3. The van der Waals surface area contributed by atoms with Gasteiger partial charge in [0.2, 0.25) is 0 Å². The number of ether oxygens (including phenoxy) is 1. The smallest absolute Gasteiger partial charge is 0.164 e. The van der Waals surface area contributed by atoms with Gasteiger partial charge in [-0.2, -0.15) is 0 Å². The Morgan fingerprint density at radius 3 is 2.60 bits per heavy atom. The molecule has 3 aromatic rings. The van der Waals surface area contributed by atoms with Crippen LogP contribution in [-0.4, -0.2) is 48.2 Å². The van der Waals surface area contributed by atoms with E-state index in [0.717, 1.165) is 0 Å². The SMILES string of the molecule is Nc1ncnc2c1ccn2[C@@H]1O[C@H]([C@@H](O)c2ccccc2)[C@@H](O)[C@H]1O. The van der Waals surface area contributed by atoms with E-state index >= 15 is 0 Å². The van der Waals surface area contributed by atoms with Gasteiger partial charge in [-0.15, -0.1) is 0 Å². The van der Waals surface area contributed by atoms with E-state index in [-0.39, 0.29) is 0 Å². The molecule has 1 aliphatic rings. The lowest BCUT2D eigenvalue weighted by Gasteiger charge is -2.21. The zero-order chi connectivity index (χ0) is 17.6. The minimum absolute atomic E-state index is 0.317. The second-order valence-corrected chi connectivity index (χ2v) is 6.05. The Bertz CT molecular complexity index is 885. The molecule has 8 heteroatoms. The monoisotopic (exact) mass is 342 g/mol. The number of nitrogens with two attached hydrogens (primary N) is 1. The van der Waals surface area contributed by atoms with Crippen molar-refractivity contribution in [3.63, 3.8) is 0 Å². The molecule has 130 valence electrons. The first kappa shape index (κ1) is 16.0. The van der Waals surface area contributed by atoms with E-state index in [4.69, 9.17) is 10.5 Å². The number of rotatable bonds is 3. The Hall–Kier alpha value is -2.52. The summed E-state index contributed by atoms with van der Waals surface area (Å²) in [5, 5.41) is 32.0. The average molecular weight is 342 g/mol. The second-order valence-electron chi connectivity index (χ2n) is 6.05. The van der Waals surface area contributed by atoms with Crippen LogP contribution in [0, 0.1) is 0 Å². The molecule has 0 spiro atoms. The summed E-state index contributed by atoms with van der Waals surface area (Å²) in [6.07, 6.45) is -2.44. The van der Waals surface area contributed by atoms with Crippen LogP contribution in [0.1, 0.15) is 17.9 Å². The molecular weight excluding hydrogens is 324 g/mol. The lowest BCUT2D eigenvalue weighted by Crippen LogP contribution is -2.34. The van der Waals surface area contributed by atoms with Crippen LogP contribution in [-0.2, 0) is 4.74 Å². The first-order valence-corrected chi connectivity index (χ1v) is 7.89. The number of aliphatic hydroxyl groups is 3. The summed E-state index contributed by atoms with van der Waals surface area (Å²) in [6.45, 7) is 0. The van der Waals surface area contributed by atoms with Gasteiger partial charge in [0.05, 0.1) is 5.39 Å². The number of fused-ring (bicyclic) bond motifs is 1. The standard InChI is InChI=1S/C17H18N4O4/c18-15-10-6-7-21(16(10)20-8-19-15)17-13(24)12(23)14(25-17)11(22)9-4-2-1-3-5-9/h1-8,11-14,17,22-24H,(H2,18,19,20)/t11-,12-,13+,14+,17+/m0/s1. The van der Waals surface area contributed by atoms with Gasteiger partial charge in [-0.05, 0) is 11.6 Å². The molecule has 1 aliphatic heterocycles. The van der Waals surface area contributed by atoms with Gasteiger partial charge in [0.25, 0.3) is 0 Å². The fourth-order valence-electron chi connectivity index (χ4n) is 3.21. The molecule has 3 heterocycles. The summed E-state index contributed by atoms with van der Waals surface area (Å²) < 4.78 is 7.39. The first-order valence-electron chi connectivity index (χ1n) is 7.89. The van der Waals surface area contributed by atoms with Gasteiger partial charge < -0.3 is 30.4 Å². The van der Waals surface area contributed by atoms with Crippen molar-refractivity contribution in [2.45, 2.75) is 30.6 Å². The van der Waals surface area contributed by atoms with Crippen molar-refractivity contribution in [3.05, 3.63) is 54.5 Å². The van der Waals surface area contributed by atoms with Crippen molar-refractivity contribution >= 4 is 16.9 Å². The third-order valence-electron chi connectivity index (χ3n) is 4.54. The van der Waals surface area contributed by atoms with Crippen LogP contribution in [0.5, 0.6) is 0 Å². The Morgan fingerprint density at radius 1 is 1.08 bits per heavy atom. The van der Waals surface area contributed by atoms with Crippen LogP contribution >= 0.6 is 0 Å². The van der Waals surface area contributed by atoms with Crippen molar-refractivity contribution in [2.24, 2.45) is 0 Å². The van der Waals surface area contributed by atoms with Gasteiger partial charge in [-0.1, -0.05) is 30.3 Å². The summed E-state index contributed by atoms with van der Waals surface area (Å²) >= 11 is 0. The Morgan fingerprint density at radius 2 is 1.84 bits per heavy atom. The van der Waals surface area contributed by atoms with E-state index in [1.807, 2.05) is 6.07 Å². The number of nitrogen functional groups attached to an aromatic ring is 1. The molecule has 25 heavy (non-hydrogen) atoms. The fourth-order valence-corrected chi connectivity index (χ4v) is 3.21. The second kappa shape index (κ2) is 6.08. The van der Waals surface area contributed by atoms with E-state index in [2.05, 4.69) is 9.97 Å². The third kappa shape index (κ3) is 2.56. The summed E-state index contributed by atoms with van der Waals surface area (Å²) in [5.41, 5.74) is 6.91. The number of benzene rings is 1. The van der Waals surface area contributed by atoms with Crippen molar-refractivity contribution in [2.75, 3.05) is 5.73 Å². The summed E-state index contributed by atoms with van der Waals surface area (Å²) in [7, 11) is 0. The molecule has 8 nitrogen and oxygen atoms in total. The highest BCUT2D eigenvalue weighted by molar-refractivity contribution is 5.86. The summed E-state index contributed by atoms with van der Waals surface area (Å²) in [6, 6.07) is 10.6. The molecule has 5 N–H and O–H groups in total. The largest absolute Gasteiger partial charge is 0.387 e. The van der Waals surface area contributed by atoms with Crippen LogP contribution in [0.25, 0.3) is 11.0 Å². The maximum absolute atomic E-state index is 10.5. The van der Waals surface area contributed by atoms with Gasteiger partial charge in [0.1, 0.15) is 42.2 Å². The highest BCUT2D eigenvalue weighted by Crippen LogP contribution is 2.37. The highest BCUT2D eigenvalue weighted by atomic mass is 16.6. The van der Waals surface area contributed by atoms with Crippen LogP contribution < -0.4 is 5.73 Å². The summed E-state index contributed by atoms with van der Waals surface area (Å²) in [4.78, 5) is 8.10. The molecule has 1 aromatic carbocycles. The minimum Gasteiger partial charge on any atom is -0.387 e. The molecule has 0 bridgehead atoms. The van der Waals surface area contributed by atoms with Crippen molar-refractivity contribution in [3.8, 4) is 0 Å². The molecule has 0 radical (unpaired) electrons. The van der Waals surface area contributed by atoms with Crippen LogP contribution in [0.2, 0.25) is 0 Å². The van der Waals surface area contributed by atoms with E-state index in [9.17, 15) is 15.3 Å². The molecule has 1 fully saturated rings. The van der Waals surface area contributed by atoms with Gasteiger partial charge in [0, 0.05) is 6.20 Å². The zero-order valence-corrected chi connectivity index (χ0v) is 13.2. The molecule has 0 unspecified atom stereocenters. The molecule has 2 aromatic heterocycles. The maximum atomic E-state index is 10.5. The topological polar surface area (TPSA) is 127 Å². The van der Waals surface area contributed by atoms with Gasteiger partial charge >= 0.3 is 0 Å². The van der Waals surface area contributed by atoms with Crippen LogP contribution in [0.3, 0.4) is 0 Å². The lowest BCUT2D eigenvalue weighted by molar-refractivity contribution is -0.0848. The minimum atomic E-state index is -1.25. The molecule has 5 atom stereocenters. The van der Waals surface area contributed by atoms with E-state index < -0.39 is 30.6 Å². The van der Waals surface area contributed by atoms with E-state index in [1.54, 1.807) is 41.1 Å². The third-order valence-corrected chi connectivity index (χ3v) is 4.54. The molecule has 0 aliphatic carbocycles. The maximum Gasteiger partial charge on any atom is 0.164 e. The number of aromatic nitrogens is 3. The van der Waals surface area contributed by atoms with Gasteiger partial charge in [-0.3, -0.25) is 0 Å². The summed E-state index contributed by atoms with van der Waals surface area (Å²) in [5.74, 6) is 0.317. The molecule has 1 saturated heterocycles. The predicted molar refractivity (Wildman–Crippen MR) is 89.3 cm³/mol. The van der Waals surface area contributed by atoms with Gasteiger partial charge in [-0.25, -0.2) is 9.97 Å². The average Bonchev–Trinajstić information content (AvgIpc) is 3.18. The molecular formula is C17H18N4O4. The predicted octanol–water partition coefficient (Wildman–Crippen LogP) is 0.366. The van der Waals surface area contributed by atoms with Crippen molar-refractivity contribution in [1.29, 1.82) is 0 Å². The van der Waals surface area contributed by atoms with Gasteiger partial charge in [0.15, 0.2) is 6.23 Å². The van der Waals surface area contributed by atoms with E-state index in [1.165, 1.54) is 6.33 Å². The van der Waals surface area contributed by atoms with E-state index in [0.29, 0.717) is 22.4 Å². The number of hydrogen-bond acceptors (Lipinski definition) is 7.